The van der Waals surface area contributed by atoms with E-state index in [2.05, 4.69) is 26.6 Å². The van der Waals surface area contributed by atoms with Crippen molar-refractivity contribution in [3.8, 4) is 0 Å². The molecule has 2 N–H and O–H groups in total. The van der Waals surface area contributed by atoms with Gasteiger partial charge in [0.1, 0.15) is 0 Å². The molecule has 0 bridgehead atoms. The van der Waals surface area contributed by atoms with Gasteiger partial charge in [-0.15, -0.1) is 0 Å². The van der Waals surface area contributed by atoms with Gasteiger partial charge in [-0.1, -0.05) is 22.0 Å². The van der Waals surface area contributed by atoms with Gasteiger partial charge in [-0.25, -0.2) is 0 Å². The van der Waals surface area contributed by atoms with Crippen LogP contribution in [0.25, 0.3) is 0 Å². The molecule has 0 heterocycles. The zero-order chi connectivity index (χ0) is 13.0. The quantitative estimate of drug-likeness (QED) is 0.847. The van der Waals surface area contributed by atoms with Crippen molar-refractivity contribution in [2.45, 2.75) is 25.5 Å². The summed E-state index contributed by atoms with van der Waals surface area (Å²) >= 11 is 3.46. The van der Waals surface area contributed by atoms with Gasteiger partial charge in [0.2, 0.25) is 5.91 Å². The highest BCUT2D eigenvalue weighted by Gasteiger charge is 2.21. The molecule has 4 nitrogen and oxygen atoms in total. The fourth-order valence-corrected chi connectivity index (χ4v) is 2.17. The van der Waals surface area contributed by atoms with E-state index < -0.39 is 0 Å². The van der Waals surface area contributed by atoms with Crippen molar-refractivity contribution >= 4 is 27.5 Å². The lowest BCUT2D eigenvalue weighted by Gasteiger charge is -2.12. The van der Waals surface area contributed by atoms with Crippen LogP contribution in [0.4, 0.5) is 5.69 Å². The SMILES string of the molecule is COCc1c(Br)cccc1NC(=O)CNC1CC1. The molecule has 18 heavy (non-hydrogen) atoms. The molecule has 0 unspecified atom stereocenters. The zero-order valence-electron chi connectivity index (χ0n) is 10.3. The smallest absolute Gasteiger partial charge is 0.238 e. The number of benzene rings is 1. The molecule has 0 atom stereocenters. The second-order valence-electron chi connectivity index (χ2n) is 4.40. The monoisotopic (exact) mass is 312 g/mol. The van der Waals surface area contributed by atoms with E-state index in [9.17, 15) is 4.79 Å². The summed E-state index contributed by atoms with van der Waals surface area (Å²) in [6, 6.07) is 6.25. The van der Waals surface area contributed by atoms with E-state index >= 15 is 0 Å². The normalized spacial score (nSPS) is 14.6. The Morgan fingerprint density at radius 1 is 1.50 bits per heavy atom. The fourth-order valence-electron chi connectivity index (χ4n) is 1.69. The fraction of sp³-hybridized carbons (Fsp3) is 0.462. The Bertz CT molecular complexity index is 433. The third-order valence-electron chi connectivity index (χ3n) is 2.81. The number of anilines is 1. The van der Waals surface area contributed by atoms with E-state index in [-0.39, 0.29) is 5.91 Å². The third-order valence-corrected chi connectivity index (χ3v) is 3.55. The topological polar surface area (TPSA) is 50.4 Å². The molecule has 0 aliphatic heterocycles. The van der Waals surface area contributed by atoms with Gasteiger partial charge in [0.25, 0.3) is 0 Å². The molecule has 1 fully saturated rings. The van der Waals surface area contributed by atoms with E-state index in [0.717, 1.165) is 15.7 Å². The van der Waals surface area contributed by atoms with Gasteiger partial charge in [-0.3, -0.25) is 4.79 Å². The molecule has 0 spiro atoms. The van der Waals surface area contributed by atoms with Crippen LogP contribution in [0.15, 0.2) is 22.7 Å². The van der Waals surface area contributed by atoms with Crippen LogP contribution in [0.1, 0.15) is 18.4 Å². The molecule has 1 aromatic rings. The second-order valence-corrected chi connectivity index (χ2v) is 5.26. The lowest BCUT2D eigenvalue weighted by Crippen LogP contribution is -2.29. The van der Waals surface area contributed by atoms with Crippen LogP contribution in [0.3, 0.4) is 0 Å². The standard InChI is InChI=1S/C13H17BrN2O2/c1-18-8-10-11(14)3-2-4-12(10)16-13(17)7-15-9-5-6-9/h2-4,9,15H,5-8H2,1H3,(H,16,17). The van der Waals surface area contributed by atoms with Crippen molar-refractivity contribution in [1.29, 1.82) is 0 Å². The van der Waals surface area contributed by atoms with Gasteiger partial charge in [0, 0.05) is 28.9 Å². The largest absolute Gasteiger partial charge is 0.380 e. The van der Waals surface area contributed by atoms with Crippen LogP contribution < -0.4 is 10.6 Å². The van der Waals surface area contributed by atoms with Crippen LogP contribution in [0, 0.1) is 0 Å². The number of methoxy groups -OCH3 is 1. The van der Waals surface area contributed by atoms with Crippen molar-refractivity contribution in [3.05, 3.63) is 28.2 Å². The number of ether oxygens (including phenoxy) is 1. The highest BCUT2D eigenvalue weighted by atomic mass is 79.9. The lowest BCUT2D eigenvalue weighted by molar-refractivity contribution is -0.115. The lowest BCUT2D eigenvalue weighted by atomic mass is 10.2. The van der Waals surface area contributed by atoms with Crippen LogP contribution in [-0.4, -0.2) is 25.6 Å². The Balaban J connectivity index is 1.97. The molecule has 0 saturated heterocycles. The molecular formula is C13H17BrN2O2. The molecule has 5 heteroatoms. The summed E-state index contributed by atoms with van der Waals surface area (Å²) in [5, 5.41) is 6.10. The predicted octanol–water partition coefficient (Wildman–Crippen LogP) is 2.29. The molecule has 1 aliphatic carbocycles. The molecule has 1 aromatic carbocycles. The van der Waals surface area contributed by atoms with E-state index in [0.29, 0.717) is 19.2 Å². The average molecular weight is 313 g/mol. The Kier molecular flexibility index (Phi) is 4.74. The summed E-state index contributed by atoms with van der Waals surface area (Å²) in [6.45, 7) is 0.830. The first-order valence-electron chi connectivity index (χ1n) is 6.00. The van der Waals surface area contributed by atoms with Crippen molar-refractivity contribution in [3.63, 3.8) is 0 Å². The van der Waals surface area contributed by atoms with Crippen molar-refractivity contribution in [1.82, 2.24) is 5.32 Å². The Labute approximate surface area is 115 Å². The van der Waals surface area contributed by atoms with Gasteiger partial charge in [0.15, 0.2) is 0 Å². The van der Waals surface area contributed by atoms with Crippen LogP contribution in [0.5, 0.6) is 0 Å². The number of halogens is 1. The first kappa shape index (κ1) is 13.5. The van der Waals surface area contributed by atoms with E-state index in [1.54, 1.807) is 7.11 Å². The summed E-state index contributed by atoms with van der Waals surface area (Å²) in [4.78, 5) is 11.8. The highest BCUT2D eigenvalue weighted by molar-refractivity contribution is 9.10. The first-order chi connectivity index (χ1) is 8.70. The van der Waals surface area contributed by atoms with Crippen molar-refractivity contribution in [2.75, 3.05) is 19.0 Å². The predicted molar refractivity (Wildman–Crippen MR) is 74.5 cm³/mol. The number of hydrogen-bond acceptors (Lipinski definition) is 3. The minimum atomic E-state index is -0.0163. The maximum absolute atomic E-state index is 11.8. The summed E-state index contributed by atoms with van der Waals surface area (Å²) < 4.78 is 6.08. The first-order valence-corrected chi connectivity index (χ1v) is 6.79. The number of rotatable bonds is 6. The van der Waals surface area contributed by atoms with Gasteiger partial charge in [0.05, 0.1) is 13.2 Å². The summed E-state index contributed by atoms with van der Waals surface area (Å²) in [7, 11) is 1.64. The number of carbonyl (C=O) groups is 1. The number of amides is 1. The Morgan fingerprint density at radius 2 is 2.28 bits per heavy atom. The third kappa shape index (κ3) is 3.80. The molecule has 2 rings (SSSR count). The van der Waals surface area contributed by atoms with Crippen LogP contribution in [0.2, 0.25) is 0 Å². The second kappa shape index (κ2) is 6.31. The number of hydrogen-bond donors (Lipinski definition) is 2. The molecule has 1 aliphatic rings. The van der Waals surface area contributed by atoms with E-state index in [1.807, 2.05) is 18.2 Å². The Hall–Kier alpha value is -0.910. The minimum absolute atomic E-state index is 0.0163. The minimum Gasteiger partial charge on any atom is -0.380 e. The maximum atomic E-state index is 11.8. The van der Waals surface area contributed by atoms with Gasteiger partial charge in [-0.2, -0.15) is 0 Å². The maximum Gasteiger partial charge on any atom is 0.238 e. The zero-order valence-corrected chi connectivity index (χ0v) is 11.9. The average Bonchev–Trinajstić information content (AvgIpc) is 3.15. The molecule has 1 amide bonds. The van der Waals surface area contributed by atoms with Crippen molar-refractivity contribution in [2.24, 2.45) is 0 Å². The molecular weight excluding hydrogens is 296 g/mol. The number of carbonyl (C=O) groups excluding carboxylic acids is 1. The number of nitrogens with one attached hydrogen (secondary N) is 2. The van der Waals surface area contributed by atoms with Crippen LogP contribution >= 0.6 is 15.9 Å². The van der Waals surface area contributed by atoms with E-state index in [1.165, 1.54) is 12.8 Å². The Morgan fingerprint density at radius 3 is 2.94 bits per heavy atom. The van der Waals surface area contributed by atoms with Gasteiger partial charge < -0.3 is 15.4 Å². The summed E-state index contributed by atoms with van der Waals surface area (Å²) in [5.74, 6) is -0.0163. The molecule has 0 radical (unpaired) electrons. The van der Waals surface area contributed by atoms with Gasteiger partial charge >= 0.3 is 0 Å². The molecule has 1 saturated carbocycles. The van der Waals surface area contributed by atoms with Crippen molar-refractivity contribution < 1.29 is 9.53 Å². The van der Waals surface area contributed by atoms with E-state index in [4.69, 9.17) is 4.74 Å². The summed E-state index contributed by atoms with van der Waals surface area (Å²) in [6.07, 6.45) is 2.36. The highest BCUT2D eigenvalue weighted by Crippen LogP contribution is 2.25. The summed E-state index contributed by atoms with van der Waals surface area (Å²) in [5.41, 5.74) is 1.76. The molecule has 0 aromatic heterocycles. The molecule has 98 valence electrons. The van der Waals surface area contributed by atoms with Gasteiger partial charge in [-0.05, 0) is 25.0 Å². The van der Waals surface area contributed by atoms with Crippen LogP contribution in [-0.2, 0) is 16.1 Å².